The molecule has 0 bridgehead atoms. The second-order valence-corrected chi connectivity index (χ2v) is 5.15. The second-order valence-electron chi connectivity index (χ2n) is 4.23. The number of benzene rings is 1. The van der Waals surface area contributed by atoms with Crippen molar-refractivity contribution >= 4 is 21.8 Å². The van der Waals surface area contributed by atoms with Crippen LogP contribution in [0.5, 0.6) is 0 Å². The number of amides is 1. The summed E-state index contributed by atoms with van der Waals surface area (Å²) in [5.74, 6) is 5.51. The maximum absolute atomic E-state index is 11.8. The summed E-state index contributed by atoms with van der Waals surface area (Å²) in [6, 6.07) is 7.90. The second kappa shape index (κ2) is 4.97. The molecule has 3 N–H and O–H groups in total. The summed E-state index contributed by atoms with van der Waals surface area (Å²) in [5.41, 5.74) is 3.32. The Morgan fingerprint density at radius 3 is 2.75 bits per heavy atom. The highest BCUT2D eigenvalue weighted by Gasteiger charge is 2.33. The third kappa shape index (κ3) is 2.28. The molecule has 0 aromatic heterocycles. The Bertz CT molecular complexity index is 390. The van der Waals surface area contributed by atoms with E-state index >= 15 is 0 Å². The van der Waals surface area contributed by atoms with Crippen molar-refractivity contribution < 1.29 is 4.79 Å². The fourth-order valence-corrected chi connectivity index (χ4v) is 2.62. The molecule has 0 spiro atoms. The first-order valence-corrected chi connectivity index (χ1v) is 6.27. The van der Waals surface area contributed by atoms with Crippen molar-refractivity contribution in [2.45, 2.75) is 25.2 Å². The number of halogens is 1. The van der Waals surface area contributed by atoms with Crippen LogP contribution in [-0.4, -0.2) is 5.91 Å². The number of carbonyl (C=O) groups excluding carboxylic acids is 1. The first-order chi connectivity index (χ1) is 7.72. The van der Waals surface area contributed by atoms with Gasteiger partial charge in [0.2, 0.25) is 5.91 Å². The zero-order valence-corrected chi connectivity index (χ0v) is 10.5. The van der Waals surface area contributed by atoms with Crippen LogP contribution >= 0.6 is 15.9 Å². The molecule has 1 aliphatic carbocycles. The molecule has 3 nitrogen and oxygen atoms in total. The Hall–Kier alpha value is -0.870. The van der Waals surface area contributed by atoms with Gasteiger partial charge in [-0.25, -0.2) is 5.84 Å². The number of hydrazine groups is 1. The minimum Gasteiger partial charge on any atom is -0.294 e. The Kier molecular flexibility index (Phi) is 3.61. The van der Waals surface area contributed by atoms with E-state index in [2.05, 4.69) is 21.4 Å². The summed E-state index contributed by atoms with van der Waals surface area (Å²) in [7, 11) is 0. The van der Waals surface area contributed by atoms with Crippen LogP contribution in [0.1, 0.15) is 30.7 Å². The number of carbonyl (C=O) groups is 1. The van der Waals surface area contributed by atoms with Crippen LogP contribution in [0.4, 0.5) is 0 Å². The molecular formula is C12H15BrN2O. The van der Waals surface area contributed by atoms with Gasteiger partial charge < -0.3 is 0 Å². The Labute approximate surface area is 104 Å². The van der Waals surface area contributed by atoms with Crippen LogP contribution in [0.25, 0.3) is 0 Å². The van der Waals surface area contributed by atoms with Gasteiger partial charge in [-0.2, -0.15) is 0 Å². The van der Waals surface area contributed by atoms with E-state index in [-0.39, 0.29) is 11.8 Å². The summed E-state index contributed by atoms with van der Waals surface area (Å²) in [5, 5.41) is 0. The highest BCUT2D eigenvalue weighted by molar-refractivity contribution is 9.10. The molecule has 1 aromatic carbocycles. The van der Waals surface area contributed by atoms with Gasteiger partial charge in [-0.15, -0.1) is 0 Å². The molecule has 1 unspecified atom stereocenters. The predicted octanol–water partition coefficient (Wildman–Crippen LogP) is 2.32. The Balaban J connectivity index is 2.27. The van der Waals surface area contributed by atoms with E-state index in [9.17, 15) is 4.79 Å². The van der Waals surface area contributed by atoms with Crippen molar-refractivity contribution in [3.8, 4) is 0 Å². The SMILES string of the molecule is NNC(=O)C(c1cccc(Br)c1)C1CCC1. The predicted molar refractivity (Wildman–Crippen MR) is 66.6 cm³/mol. The first-order valence-electron chi connectivity index (χ1n) is 5.48. The van der Waals surface area contributed by atoms with E-state index < -0.39 is 0 Å². The van der Waals surface area contributed by atoms with Gasteiger partial charge >= 0.3 is 0 Å². The van der Waals surface area contributed by atoms with Crippen LogP contribution in [0.15, 0.2) is 28.7 Å². The highest BCUT2D eigenvalue weighted by atomic mass is 79.9. The molecule has 0 heterocycles. The molecule has 1 amide bonds. The van der Waals surface area contributed by atoms with Crippen molar-refractivity contribution in [3.05, 3.63) is 34.3 Å². The van der Waals surface area contributed by atoms with E-state index in [4.69, 9.17) is 5.84 Å². The summed E-state index contributed by atoms with van der Waals surface area (Å²) >= 11 is 3.43. The van der Waals surface area contributed by atoms with Crippen LogP contribution in [0, 0.1) is 5.92 Å². The molecule has 1 aromatic rings. The van der Waals surface area contributed by atoms with Gasteiger partial charge in [-0.05, 0) is 36.5 Å². The number of hydrogen-bond donors (Lipinski definition) is 2. The molecule has 4 heteroatoms. The molecule has 1 aliphatic rings. The van der Waals surface area contributed by atoms with Crippen LogP contribution in [0.2, 0.25) is 0 Å². The monoisotopic (exact) mass is 282 g/mol. The topological polar surface area (TPSA) is 55.1 Å². The zero-order valence-electron chi connectivity index (χ0n) is 8.95. The number of hydrogen-bond acceptors (Lipinski definition) is 2. The maximum atomic E-state index is 11.8. The largest absolute Gasteiger partial charge is 0.294 e. The zero-order chi connectivity index (χ0) is 11.5. The van der Waals surface area contributed by atoms with Crippen molar-refractivity contribution in [3.63, 3.8) is 0 Å². The molecule has 0 aliphatic heterocycles. The third-order valence-electron chi connectivity index (χ3n) is 3.25. The third-order valence-corrected chi connectivity index (χ3v) is 3.75. The molecular weight excluding hydrogens is 268 g/mol. The highest BCUT2D eigenvalue weighted by Crippen LogP contribution is 2.39. The molecule has 2 rings (SSSR count). The molecule has 0 saturated heterocycles. The number of nitrogens with one attached hydrogen (secondary N) is 1. The van der Waals surface area contributed by atoms with Gasteiger partial charge in [-0.1, -0.05) is 34.5 Å². The Morgan fingerprint density at radius 1 is 1.50 bits per heavy atom. The van der Waals surface area contributed by atoms with Gasteiger partial charge in [-0.3, -0.25) is 10.2 Å². The summed E-state index contributed by atoms with van der Waals surface area (Å²) in [6.45, 7) is 0. The van der Waals surface area contributed by atoms with Crippen LogP contribution < -0.4 is 11.3 Å². The number of rotatable bonds is 3. The summed E-state index contributed by atoms with van der Waals surface area (Å²) in [6.07, 6.45) is 3.45. The fraction of sp³-hybridized carbons (Fsp3) is 0.417. The van der Waals surface area contributed by atoms with E-state index in [0.717, 1.165) is 22.9 Å². The lowest BCUT2D eigenvalue weighted by Gasteiger charge is -2.32. The normalized spacial score (nSPS) is 17.6. The standard InChI is InChI=1S/C12H15BrN2O/c13-10-6-2-5-9(7-10)11(12(16)15-14)8-3-1-4-8/h2,5-8,11H,1,3-4,14H2,(H,15,16). The smallest absolute Gasteiger partial charge is 0.241 e. The lowest BCUT2D eigenvalue weighted by molar-refractivity contribution is -0.124. The minimum absolute atomic E-state index is 0.0807. The summed E-state index contributed by atoms with van der Waals surface area (Å²) in [4.78, 5) is 11.8. The van der Waals surface area contributed by atoms with E-state index in [1.165, 1.54) is 6.42 Å². The average molecular weight is 283 g/mol. The first kappa shape index (κ1) is 11.6. The van der Waals surface area contributed by atoms with E-state index in [0.29, 0.717) is 5.92 Å². The number of nitrogens with two attached hydrogens (primary N) is 1. The average Bonchev–Trinajstić information content (AvgIpc) is 2.22. The quantitative estimate of drug-likeness (QED) is 0.508. The van der Waals surface area contributed by atoms with Crippen LogP contribution in [-0.2, 0) is 4.79 Å². The molecule has 86 valence electrons. The fourth-order valence-electron chi connectivity index (χ4n) is 2.20. The van der Waals surface area contributed by atoms with Gasteiger partial charge in [0, 0.05) is 4.47 Å². The van der Waals surface area contributed by atoms with Crippen LogP contribution in [0.3, 0.4) is 0 Å². The molecule has 1 saturated carbocycles. The van der Waals surface area contributed by atoms with Gasteiger partial charge in [0.05, 0.1) is 5.92 Å². The summed E-state index contributed by atoms with van der Waals surface area (Å²) < 4.78 is 0.999. The molecule has 0 radical (unpaired) electrons. The molecule has 1 atom stereocenters. The van der Waals surface area contributed by atoms with Crippen molar-refractivity contribution in [2.24, 2.45) is 11.8 Å². The molecule has 16 heavy (non-hydrogen) atoms. The minimum atomic E-state index is -0.101. The molecule has 1 fully saturated rings. The van der Waals surface area contributed by atoms with Gasteiger partial charge in [0.15, 0.2) is 0 Å². The van der Waals surface area contributed by atoms with Gasteiger partial charge in [0.1, 0.15) is 0 Å². The van der Waals surface area contributed by atoms with Crippen molar-refractivity contribution in [2.75, 3.05) is 0 Å². The Morgan fingerprint density at radius 2 is 2.25 bits per heavy atom. The van der Waals surface area contributed by atoms with E-state index in [1.807, 2.05) is 24.3 Å². The lowest BCUT2D eigenvalue weighted by atomic mass is 9.72. The van der Waals surface area contributed by atoms with Crippen molar-refractivity contribution in [1.29, 1.82) is 0 Å². The maximum Gasteiger partial charge on any atom is 0.241 e. The van der Waals surface area contributed by atoms with E-state index in [1.54, 1.807) is 0 Å². The lowest BCUT2D eigenvalue weighted by Crippen LogP contribution is -2.39. The van der Waals surface area contributed by atoms with Crippen molar-refractivity contribution in [1.82, 2.24) is 5.43 Å². The van der Waals surface area contributed by atoms with Gasteiger partial charge in [0.25, 0.3) is 0 Å².